The van der Waals surface area contributed by atoms with E-state index in [1.165, 1.54) is 12.0 Å². The van der Waals surface area contributed by atoms with Crippen LogP contribution in [0.15, 0.2) is 30.3 Å². The smallest absolute Gasteiger partial charge is 0.223 e. The van der Waals surface area contributed by atoms with Crippen molar-refractivity contribution in [3.8, 4) is 0 Å². The first-order valence-electron chi connectivity index (χ1n) is 7.79. The normalized spacial score (nSPS) is 27.2. The summed E-state index contributed by atoms with van der Waals surface area (Å²) in [5, 5.41) is 3.18. The Bertz CT molecular complexity index is 451. The van der Waals surface area contributed by atoms with E-state index >= 15 is 0 Å². The lowest BCUT2D eigenvalue weighted by molar-refractivity contribution is -0.126. The number of carbonyl (C=O) groups excluding carboxylic acids is 1. The summed E-state index contributed by atoms with van der Waals surface area (Å²) in [6.07, 6.45) is 3.16. The van der Waals surface area contributed by atoms with Gasteiger partial charge in [-0.05, 0) is 43.8 Å². The summed E-state index contributed by atoms with van der Waals surface area (Å²) in [6.45, 7) is 5.28. The average Bonchev–Trinajstić information content (AvgIpc) is 3.16. The van der Waals surface area contributed by atoms with Crippen molar-refractivity contribution < 1.29 is 4.79 Å². The Kier molecular flexibility index (Phi) is 4.06. The molecule has 3 rings (SSSR count). The van der Waals surface area contributed by atoms with E-state index in [1.807, 2.05) is 0 Å². The summed E-state index contributed by atoms with van der Waals surface area (Å²) >= 11 is 0. The number of amides is 1. The van der Waals surface area contributed by atoms with Crippen LogP contribution in [0.1, 0.15) is 31.7 Å². The second-order valence-corrected chi connectivity index (χ2v) is 6.36. The molecule has 0 spiro atoms. The van der Waals surface area contributed by atoms with Crippen LogP contribution in [0, 0.1) is 11.8 Å². The number of benzene rings is 1. The molecule has 1 aromatic carbocycles. The Morgan fingerprint density at radius 2 is 1.90 bits per heavy atom. The van der Waals surface area contributed by atoms with Gasteiger partial charge in [0, 0.05) is 18.5 Å². The third kappa shape index (κ3) is 3.40. The van der Waals surface area contributed by atoms with Crippen molar-refractivity contribution >= 4 is 5.91 Å². The molecule has 3 nitrogen and oxygen atoms in total. The molecule has 1 amide bonds. The zero-order valence-electron chi connectivity index (χ0n) is 12.2. The van der Waals surface area contributed by atoms with Gasteiger partial charge in [0.15, 0.2) is 0 Å². The number of likely N-dealkylation sites (tertiary alicyclic amines) is 1. The van der Waals surface area contributed by atoms with Crippen molar-refractivity contribution in [2.24, 2.45) is 11.8 Å². The van der Waals surface area contributed by atoms with E-state index in [2.05, 4.69) is 47.5 Å². The summed E-state index contributed by atoms with van der Waals surface area (Å²) in [4.78, 5) is 14.6. The first kappa shape index (κ1) is 13.6. The fourth-order valence-electron chi connectivity index (χ4n) is 3.02. The Hall–Kier alpha value is -1.35. The number of nitrogens with one attached hydrogen (secondary N) is 1. The lowest BCUT2D eigenvalue weighted by Crippen LogP contribution is -2.41. The van der Waals surface area contributed by atoms with Crippen molar-refractivity contribution in [1.82, 2.24) is 10.2 Å². The summed E-state index contributed by atoms with van der Waals surface area (Å²) in [5.74, 6) is 1.21. The molecule has 0 bridgehead atoms. The van der Waals surface area contributed by atoms with E-state index in [0.29, 0.717) is 17.9 Å². The Morgan fingerprint density at radius 3 is 2.50 bits per heavy atom. The predicted molar refractivity (Wildman–Crippen MR) is 80.2 cm³/mol. The van der Waals surface area contributed by atoms with Gasteiger partial charge in [0.25, 0.3) is 0 Å². The molecule has 1 heterocycles. The largest absolute Gasteiger partial charge is 0.353 e. The van der Waals surface area contributed by atoms with Gasteiger partial charge in [-0.1, -0.05) is 37.3 Å². The molecule has 0 aromatic heterocycles. The van der Waals surface area contributed by atoms with E-state index < -0.39 is 0 Å². The number of rotatable bonds is 4. The standard InChI is InChI=1S/C17H24N2O/c1-13-11-16(13)18-17(20)15-7-9-19(10-8-15)12-14-5-3-2-4-6-14/h2-6,13,15-16H,7-12H2,1H3,(H,18,20). The van der Waals surface area contributed by atoms with Gasteiger partial charge in [-0.15, -0.1) is 0 Å². The summed E-state index contributed by atoms with van der Waals surface area (Å²) in [7, 11) is 0. The first-order valence-corrected chi connectivity index (χ1v) is 7.79. The van der Waals surface area contributed by atoms with Gasteiger partial charge >= 0.3 is 0 Å². The van der Waals surface area contributed by atoms with E-state index in [9.17, 15) is 4.79 Å². The molecule has 20 heavy (non-hydrogen) atoms. The quantitative estimate of drug-likeness (QED) is 0.913. The number of piperidine rings is 1. The molecular weight excluding hydrogens is 248 g/mol. The number of carbonyl (C=O) groups is 1. The fraction of sp³-hybridized carbons (Fsp3) is 0.588. The summed E-state index contributed by atoms with van der Waals surface area (Å²) < 4.78 is 0. The van der Waals surface area contributed by atoms with Crippen LogP contribution < -0.4 is 5.32 Å². The molecule has 1 N–H and O–H groups in total. The van der Waals surface area contributed by atoms with Crippen molar-refractivity contribution in [2.75, 3.05) is 13.1 Å². The third-order valence-electron chi connectivity index (χ3n) is 4.64. The molecular formula is C17H24N2O. The van der Waals surface area contributed by atoms with E-state index in [-0.39, 0.29) is 5.92 Å². The molecule has 1 saturated carbocycles. The van der Waals surface area contributed by atoms with E-state index in [4.69, 9.17) is 0 Å². The number of hydrogen-bond acceptors (Lipinski definition) is 2. The Balaban J connectivity index is 1.43. The molecule has 3 heteroatoms. The molecule has 108 valence electrons. The maximum absolute atomic E-state index is 12.1. The highest BCUT2D eigenvalue weighted by atomic mass is 16.2. The van der Waals surface area contributed by atoms with Crippen molar-refractivity contribution in [3.63, 3.8) is 0 Å². The van der Waals surface area contributed by atoms with Crippen LogP contribution in [0.2, 0.25) is 0 Å². The minimum Gasteiger partial charge on any atom is -0.353 e. The van der Waals surface area contributed by atoms with Crippen LogP contribution in [0.5, 0.6) is 0 Å². The van der Waals surface area contributed by atoms with E-state index in [1.54, 1.807) is 0 Å². The molecule has 2 fully saturated rings. The lowest BCUT2D eigenvalue weighted by Gasteiger charge is -2.31. The minimum atomic E-state index is 0.231. The van der Waals surface area contributed by atoms with Gasteiger partial charge in [-0.3, -0.25) is 9.69 Å². The van der Waals surface area contributed by atoms with Gasteiger partial charge in [0.2, 0.25) is 5.91 Å². The first-order chi connectivity index (χ1) is 9.72. The topological polar surface area (TPSA) is 32.3 Å². The van der Waals surface area contributed by atoms with Gasteiger partial charge in [-0.25, -0.2) is 0 Å². The molecule has 2 unspecified atom stereocenters. The van der Waals surface area contributed by atoms with Crippen molar-refractivity contribution in [2.45, 2.75) is 38.8 Å². The maximum atomic E-state index is 12.1. The van der Waals surface area contributed by atoms with Crippen LogP contribution in [-0.4, -0.2) is 29.9 Å². The highest BCUT2D eigenvalue weighted by molar-refractivity contribution is 5.79. The zero-order valence-corrected chi connectivity index (χ0v) is 12.2. The van der Waals surface area contributed by atoms with Crippen LogP contribution >= 0.6 is 0 Å². The fourth-order valence-corrected chi connectivity index (χ4v) is 3.02. The number of nitrogens with zero attached hydrogens (tertiary/aromatic N) is 1. The zero-order chi connectivity index (χ0) is 13.9. The SMILES string of the molecule is CC1CC1NC(=O)C1CCN(Cc2ccccc2)CC1. The Morgan fingerprint density at radius 1 is 1.25 bits per heavy atom. The molecule has 1 aliphatic heterocycles. The lowest BCUT2D eigenvalue weighted by atomic mass is 9.95. The van der Waals surface area contributed by atoms with Crippen LogP contribution in [0.3, 0.4) is 0 Å². The predicted octanol–water partition coefficient (Wildman–Crippen LogP) is 2.42. The van der Waals surface area contributed by atoms with Crippen molar-refractivity contribution in [1.29, 1.82) is 0 Å². The van der Waals surface area contributed by atoms with Gasteiger partial charge in [0.1, 0.15) is 0 Å². The molecule has 1 aliphatic carbocycles. The van der Waals surface area contributed by atoms with Gasteiger partial charge in [0.05, 0.1) is 0 Å². The maximum Gasteiger partial charge on any atom is 0.223 e. The summed E-state index contributed by atoms with van der Waals surface area (Å²) in [5.41, 5.74) is 1.36. The van der Waals surface area contributed by atoms with Gasteiger partial charge < -0.3 is 5.32 Å². The summed E-state index contributed by atoms with van der Waals surface area (Å²) in [6, 6.07) is 11.0. The van der Waals surface area contributed by atoms with E-state index in [0.717, 1.165) is 32.5 Å². The molecule has 0 radical (unpaired) electrons. The van der Waals surface area contributed by atoms with Crippen LogP contribution in [0.25, 0.3) is 0 Å². The molecule has 1 saturated heterocycles. The minimum absolute atomic E-state index is 0.231. The van der Waals surface area contributed by atoms with Crippen LogP contribution in [0.4, 0.5) is 0 Å². The Labute approximate surface area is 121 Å². The highest BCUT2D eigenvalue weighted by Gasteiger charge is 2.36. The monoisotopic (exact) mass is 272 g/mol. The second kappa shape index (κ2) is 5.96. The van der Waals surface area contributed by atoms with Gasteiger partial charge in [-0.2, -0.15) is 0 Å². The van der Waals surface area contributed by atoms with Crippen LogP contribution in [-0.2, 0) is 11.3 Å². The highest BCUT2D eigenvalue weighted by Crippen LogP contribution is 2.30. The third-order valence-corrected chi connectivity index (χ3v) is 4.64. The molecule has 1 aromatic rings. The molecule has 2 atom stereocenters. The second-order valence-electron chi connectivity index (χ2n) is 6.36. The average molecular weight is 272 g/mol. The number of hydrogen-bond donors (Lipinski definition) is 1. The molecule has 2 aliphatic rings. The van der Waals surface area contributed by atoms with Crippen molar-refractivity contribution in [3.05, 3.63) is 35.9 Å².